The Morgan fingerprint density at radius 2 is 1.96 bits per heavy atom. The van der Waals surface area contributed by atoms with E-state index in [1.165, 1.54) is 13.2 Å². The second kappa shape index (κ2) is 7.11. The van der Waals surface area contributed by atoms with Gasteiger partial charge in [0.2, 0.25) is 5.76 Å². The zero-order valence-corrected chi connectivity index (χ0v) is 13.7. The van der Waals surface area contributed by atoms with Gasteiger partial charge in [0.1, 0.15) is 5.76 Å². The first kappa shape index (κ1) is 18.7. The van der Waals surface area contributed by atoms with Crippen molar-refractivity contribution in [2.75, 3.05) is 33.3 Å². The molecule has 0 aliphatic carbocycles. The molecule has 1 saturated heterocycles. The average Bonchev–Trinajstić information content (AvgIpc) is 2.83. The molecule has 24 heavy (non-hydrogen) atoms. The normalized spacial score (nSPS) is 18.3. The van der Waals surface area contributed by atoms with Crippen LogP contribution in [0.5, 0.6) is 0 Å². The molecule has 136 valence electrons. The monoisotopic (exact) mass is 370 g/mol. The fourth-order valence-corrected chi connectivity index (χ4v) is 3.37. The Balaban J connectivity index is 1.99. The third-order valence-electron chi connectivity index (χ3n) is 3.61. The van der Waals surface area contributed by atoms with E-state index in [2.05, 4.69) is 4.74 Å². The predicted molar refractivity (Wildman–Crippen MR) is 76.5 cm³/mol. The van der Waals surface area contributed by atoms with E-state index in [9.17, 15) is 26.4 Å². The maximum Gasteiger partial charge on any atom is 0.511 e. The number of carbonyl (C=O) groups is 1. The van der Waals surface area contributed by atoms with Crippen LogP contribution in [0.15, 0.2) is 16.5 Å². The maximum atomic E-state index is 12.6. The number of hydrogen-bond donors (Lipinski definition) is 0. The second-order valence-corrected chi connectivity index (χ2v) is 7.17. The van der Waals surface area contributed by atoms with E-state index in [0.29, 0.717) is 16.6 Å². The number of alkyl halides is 3. The van der Waals surface area contributed by atoms with Crippen LogP contribution in [0.2, 0.25) is 0 Å². The first-order valence-corrected chi connectivity index (χ1v) is 8.55. The van der Waals surface area contributed by atoms with Gasteiger partial charge >= 0.3 is 21.5 Å². The molecule has 0 saturated carbocycles. The van der Waals surface area contributed by atoms with Gasteiger partial charge in [-0.1, -0.05) is 0 Å². The molecule has 0 N–H and O–H groups in total. The third-order valence-corrected chi connectivity index (χ3v) is 5.24. The number of furan rings is 1. The lowest BCUT2D eigenvalue weighted by Gasteiger charge is -2.22. The second-order valence-electron chi connectivity index (χ2n) is 5.24. The number of ether oxygens (including phenoxy) is 1. The van der Waals surface area contributed by atoms with Crippen molar-refractivity contribution in [3.8, 4) is 0 Å². The lowest BCUT2D eigenvalue weighted by atomic mass is 10.3. The predicted octanol–water partition coefficient (Wildman–Crippen LogP) is 1.42. The van der Waals surface area contributed by atoms with E-state index in [0.717, 1.165) is 0 Å². The third kappa shape index (κ3) is 4.08. The van der Waals surface area contributed by atoms with Gasteiger partial charge in [-0.2, -0.15) is 17.5 Å². The van der Waals surface area contributed by atoms with Gasteiger partial charge in [-0.05, 0) is 25.1 Å². The Labute approximate surface area is 137 Å². The maximum absolute atomic E-state index is 12.6. The number of sulfonamides is 1. The summed E-state index contributed by atoms with van der Waals surface area (Å²) in [5.41, 5.74) is -5.29. The number of halogens is 3. The number of esters is 1. The molecule has 0 radical (unpaired) electrons. The van der Waals surface area contributed by atoms with Crippen LogP contribution in [-0.4, -0.2) is 62.4 Å². The van der Waals surface area contributed by atoms with Crippen molar-refractivity contribution < 1.29 is 35.5 Å². The number of methoxy groups -OCH3 is 1. The summed E-state index contributed by atoms with van der Waals surface area (Å²) in [5.74, 6) is -0.148. The highest BCUT2D eigenvalue weighted by Crippen LogP contribution is 2.27. The van der Waals surface area contributed by atoms with Gasteiger partial charge in [0, 0.05) is 19.6 Å². The molecule has 2 rings (SSSR count). The molecule has 1 aliphatic heterocycles. The summed E-state index contributed by atoms with van der Waals surface area (Å²) in [6.07, 6.45) is 0.264. The van der Waals surface area contributed by atoms with Gasteiger partial charge in [-0.3, -0.25) is 4.90 Å². The smallest absolute Gasteiger partial charge is 0.463 e. The molecule has 1 aromatic heterocycles. The van der Waals surface area contributed by atoms with E-state index in [1.54, 1.807) is 11.0 Å². The number of nitrogens with zero attached hydrogens (tertiary/aromatic N) is 2. The van der Waals surface area contributed by atoms with Crippen molar-refractivity contribution in [1.29, 1.82) is 0 Å². The van der Waals surface area contributed by atoms with E-state index in [4.69, 9.17) is 4.42 Å². The number of carbonyl (C=O) groups excluding carboxylic acids is 1. The standard InChI is InChI=1S/C13H17F3N2O5S/c1-22-12(19)11-4-3-10(23-11)9-17-5-2-6-18(8-7-17)24(20,21)13(14,15)16/h3-4H,2,5-9H2,1H3. The first-order valence-electron chi connectivity index (χ1n) is 7.11. The van der Waals surface area contributed by atoms with Gasteiger partial charge in [0.15, 0.2) is 0 Å². The molecule has 0 bridgehead atoms. The van der Waals surface area contributed by atoms with E-state index in [1.807, 2.05) is 0 Å². The van der Waals surface area contributed by atoms with Crippen LogP contribution in [0.1, 0.15) is 22.7 Å². The van der Waals surface area contributed by atoms with Crippen molar-refractivity contribution in [2.24, 2.45) is 0 Å². The van der Waals surface area contributed by atoms with Gasteiger partial charge in [-0.25, -0.2) is 13.2 Å². The molecule has 11 heteroatoms. The molecule has 2 heterocycles. The highest BCUT2D eigenvalue weighted by Gasteiger charge is 2.49. The molecule has 1 fully saturated rings. The minimum Gasteiger partial charge on any atom is -0.463 e. The molecule has 0 aromatic carbocycles. The zero-order valence-electron chi connectivity index (χ0n) is 12.9. The number of rotatable bonds is 4. The van der Waals surface area contributed by atoms with Crippen LogP contribution in [0.4, 0.5) is 13.2 Å². The molecule has 0 spiro atoms. The molecule has 0 atom stereocenters. The van der Waals surface area contributed by atoms with Crippen molar-refractivity contribution in [3.63, 3.8) is 0 Å². The minimum absolute atomic E-state index is 0.0311. The Hall–Kier alpha value is -1.59. The van der Waals surface area contributed by atoms with Gasteiger partial charge < -0.3 is 9.15 Å². The lowest BCUT2D eigenvalue weighted by molar-refractivity contribution is -0.0488. The Kier molecular flexibility index (Phi) is 5.56. The van der Waals surface area contributed by atoms with Gasteiger partial charge in [-0.15, -0.1) is 0 Å². The lowest BCUT2D eigenvalue weighted by Crippen LogP contribution is -2.42. The van der Waals surface area contributed by atoms with E-state index < -0.39 is 21.5 Å². The van der Waals surface area contributed by atoms with E-state index >= 15 is 0 Å². The SMILES string of the molecule is COC(=O)c1ccc(CN2CCCN(S(=O)(=O)C(F)(F)F)CC2)o1. The van der Waals surface area contributed by atoms with Crippen LogP contribution >= 0.6 is 0 Å². The molecule has 7 nitrogen and oxygen atoms in total. The highest BCUT2D eigenvalue weighted by molar-refractivity contribution is 7.90. The Morgan fingerprint density at radius 1 is 1.25 bits per heavy atom. The Bertz CT molecular complexity index is 686. The van der Waals surface area contributed by atoms with Gasteiger partial charge in [0.25, 0.3) is 0 Å². The summed E-state index contributed by atoms with van der Waals surface area (Å²) in [5, 5.41) is 0. The molecule has 1 aromatic rings. The fourth-order valence-electron chi connectivity index (χ4n) is 2.39. The molecule has 0 unspecified atom stereocenters. The van der Waals surface area contributed by atoms with Crippen LogP contribution in [0.25, 0.3) is 0 Å². The first-order chi connectivity index (χ1) is 11.1. The average molecular weight is 370 g/mol. The quantitative estimate of drug-likeness (QED) is 0.746. The van der Waals surface area contributed by atoms with Gasteiger partial charge in [0.05, 0.1) is 13.7 Å². The van der Waals surface area contributed by atoms with Crippen molar-refractivity contribution in [2.45, 2.75) is 18.5 Å². The Morgan fingerprint density at radius 3 is 2.58 bits per heavy atom. The summed E-state index contributed by atoms with van der Waals surface area (Å²) < 4.78 is 71.0. The van der Waals surface area contributed by atoms with Crippen molar-refractivity contribution in [3.05, 3.63) is 23.7 Å². The van der Waals surface area contributed by atoms with Crippen LogP contribution in [0, 0.1) is 0 Å². The fraction of sp³-hybridized carbons (Fsp3) is 0.615. The van der Waals surface area contributed by atoms with Crippen LogP contribution < -0.4 is 0 Å². The van der Waals surface area contributed by atoms with Crippen LogP contribution in [-0.2, 0) is 21.3 Å². The summed E-state index contributed by atoms with van der Waals surface area (Å²) in [4.78, 5) is 13.1. The minimum atomic E-state index is -5.31. The highest BCUT2D eigenvalue weighted by atomic mass is 32.2. The summed E-state index contributed by atoms with van der Waals surface area (Å²) in [7, 11) is -4.09. The van der Waals surface area contributed by atoms with Crippen LogP contribution in [0.3, 0.4) is 0 Å². The van der Waals surface area contributed by atoms with Crippen molar-refractivity contribution in [1.82, 2.24) is 9.21 Å². The molecular formula is C13H17F3N2O5S. The molecule has 1 aliphatic rings. The van der Waals surface area contributed by atoms with E-state index in [-0.39, 0.29) is 38.4 Å². The largest absolute Gasteiger partial charge is 0.511 e. The molecule has 0 amide bonds. The summed E-state index contributed by atoms with van der Waals surface area (Å²) >= 11 is 0. The number of hydrogen-bond acceptors (Lipinski definition) is 6. The zero-order chi connectivity index (χ0) is 18.0. The topological polar surface area (TPSA) is 80.1 Å². The van der Waals surface area contributed by atoms with Crippen molar-refractivity contribution >= 4 is 16.0 Å². The summed E-state index contributed by atoms with van der Waals surface area (Å²) in [6, 6.07) is 3.01. The summed E-state index contributed by atoms with van der Waals surface area (Å²) in [6.45, 7) is 0.356. The molecular weight excluding hydrogens is 353 g/mol.